The number of alkyl halides is 1. The van der Waals surface area contributed by atoms with E-state index in [0.717, 1.165) is 11.1 Å². The second kappa shape index (κ2) is 4.12. The summed E-state index contributed by atoms with van der Waals surface area (Å²) in [5.74, 6) is -0.814. The van der Waals surface area contributed by atoms with Gasteiger partial charge in [-0.25, -0.2) is 4.79 Å². The van der Waals surface area contributed by atoms with E-state index in [4.69, 9.17) is 22.0 Å². The van der Waals surface area contributed by atoms with Crippen LogP contribution in [0.25, 0.3) is 0 Å². The summed E-state index contributed by atoms with van der Waals surface area (Å²) in [6, 6.07) is 4.83. The van der Waals surface area contributed by atoms with Crippen LogP contribution in [0.4, 0.5) is 0 Å². The molecule has 1 aromatic rings. The summed E-state index contributed by atoms with van der Waals surface area (Å²) < 4.78 is 0. The van der Waals surface area contributed by atoms with E-state index in [9.17, 15) is 4.79 Å². The summed E-state index contributed by atoms with van der Waals surface area (Å²) in [5.41, 5.74) is 1.75. The van der Waals surface area contributed by atoms with Gasteiger partial charge in [0, 0.05) is 5.88 Å². The molecule has 1 N–H and O–H groups in total. The van der Waals surface area contributed by atoms with E-state index in [1.807, 2.05) is 6.07 Å². The Hall–Kier alpha value is -1.53. The highest BCUT2D eigenvalue weighted by Gasteiger charge is 2.12. The van der Waals surface area contributed by atoms with Crippen LogP contribution in [0.15, 0.2) is 12.1 Å². The van der Waals surface area contributed by atoms with E-state index in [1.54, 1.807) is 6.92 Å². The van der Waals surface area contributed by atoms with Crippen molar-refractivity contribution in [2.75, 3.05) is 0 Å². The zero-order valence-electron chi connectivity index (χ0n) is 7.54. The first kappa shape index (κ1) is 10.6. The third kappa shape index (κ3) is 1.86. The maximum atomic E-state index is 10.7. The number of nitrogens with zero attached hydrogens (tertiary/aromatic N) is 1. The highest BCUT2D eigenvalue weighted by Crippen LogP contribution is 2.17. The molecular formula is C10H8ClNO2. The summed E-state index contributed by atoms with van der Waals surface area (Å²) in [6.07, 6.45) is 0. The molecule has 0 saturated carbocycles. The van der Waals surface area contributed by atoms with Gasteiger partial charge in [0.05, 0.1) is 11.1 Å². The number of carboxylic acids is 1. The van der Waals surface area contributed by atoms with Crippen LogP contribution in [0.3, 0.4) is 0 Å². The largest absolute Gasteiger partial charge is 0.478 e. The Balaban J connectivity index is 3.41. The zero-order valence-corrected chi connectivity index (χ0v) is 8.30. The lowest BCUT2D eigenvalue weighted by Crippen LogP contribution is -2.02. The molecule has 0 spiro atoms. The molecule has 0 heterocycles. The Kier molecular flexibility index (Phi) is 3.10. The predicted octanol–water partition coefficient (Wildman–Crippen LogP) is 2.30. The Morgan fingerprint density at radius 3 is 2.71 bits per heavy atom. The second-order valence-electron chi connectivity index (χ2n) is 2.87. The molecule has 0 fully saturated rings. The number of carboxylic acid groups (broad SMARTS) is 1. The van der Waals surface area contributed by atoms with Crippen LogP contribution in [-0.2, 0) is 5.88 Å². The van der Waals surface area contributed by atoms with E-state index < -0.39 is 5.97 Å². The van der Waals surface area contributed by atoms with Gasteiger partial charge in [0.15, 0.2) is 0 Å². The summed E-state index contributed by atoms with van der Waals surface area (Å²) in [6.45, 7) is 1.77. The normalized spacial score (nSPS) is 9.50. The molecule has 0 atom stereocenters. The third-order valence-corrected chi connectivity index (χ3v) is 2.26. The Morgan fingerprint density at radius 2 is 2.29 bits per heavy atom. The minimum Gasteiger partial charge on any atom is -0.478 e. The van der Waals surface area contributed by atoms with Crippen LogP contribution in [0, 0.1) is 18.3 Å². The van der Waals surface area contributed by atoms with Crippen molar-refractivity contribution in [2.24, 2.45) is 0 Å². The summed E-state index contributed by atoms with van der Waals surface area (Å²) in [5, 5.41) is 17.5. The van der Waals surface area contributed by atoms with Crippen LogP contribution in [0.5, 0.6) is 0 Å². The molecule has 0 radical (unpaired) electrons. The number of rotatable bonds is 2. The zero-order chi connectivity index (χ0) is 10.7. The first-order valence-electron chi connectivity index (χ1n) is 3.93. The lowest BCUT2D eigenvalue weighted by Gasteiger charge is -2.05. The fraction of sp³-hybridized carbons (Fsp3) is 0.200. The van der Waals surface area contributed by atoms with Crippen molar-refractivity contribution in [3.63, 3.8) is 0 Å². The molecule has 72 valence electrons. The van der Waals surface area contributed by atoms with Gasteiger partial charge in [0.2, 0.25) is 0 Å². The van der Waals surface area contributed by atoms with Crippen molar-refractivity contribution in [2.45, 2.75) is 12.8 Å². The molecule has 3 nitrogen and oxygen atoms in total. The molecule has 1 rings (SSSR count). The molecular weight excluding hydrogens is 202 g/mol. The predicted molar refractivity (Wildman–Crippen MR) is 52.4 cm³/mol. The third-order valence-electron chi connectivity index (χ3n) is 1.97. The molecule has 14 heavy (non-hydrogen) atoms. The van der Waals surface area contributed by atoms with Crippen molar-refractivity contribution in [1.82, 2.24) is 0 Å². The monoisotopic (exact) mass is 209 g/mol. The fourth-order valence-electron chi connectivity index (χ4n) is 1.17. The SMILES string of the molecule is Cc1cc(C(=O)O)c(C#N)cc1CCl. The van der Waals surface area contributed by atoms with Gasteiger partial charge in [-0.1, -0.05) is 0 Å². The fourth-order valence-corrected chi connectivity index (χ4v) is 1.45. The van der Waals surface area contributed by atoms with E-state index in [0.29, 0.717) is 0 Å². The van der Waals surface area contributed by atoms with Crippen molar-refractivity contribution < 1.29 is 9.90 Å². The highest BCUT2D eigenvalue weighted by molar-refractivity contribution is 6.17. The van der Waals surface area contributed by atoms with Gasteiger partial charge in [0.1, 0.15) is 6.07 Å². The van der Waals surface area contributed by atoms with Gasteiger partial charge in [-0.05, 0) is 30.2 Å². The highest BCUT2D eigenvalue weighted by atomic mass is 35.5. The minimum absolute atomic E-state index is 0.0267. The Bertz CT molecular complexity index is 421. The molecule has 0 amide bonds. The van der Waals surface area contributed by atoms with Gasteiger partial charge in [-0.3, -0.25) is 0 Å². The van der Waals surface area contributed by atoms with Gasteiger partial charge < -0.3 is 5.11 Å². The van der Waals surface area contributed by atoms with Crippen molar-refractivity contribution in [3.8, 4) is 6.07 Å². The molecule has 0 unspecified atom stereocenters. The van der Waals surface area contributed by atoms with Crippen LogP contribution < -0.4 is 0 Å². The number of hydrogen-bond donors (Lipinski definition) is 1. The molecule has 0 saturated heterocycles. The van der Waals surface area contributed by atoms with E-state index in [2.05, 4.69) is 0 Å². The average molecular weight is 210 g/mol. The molecule has 4 heteroatoms. The maximum absolute atomic E-state index is 10.7. The number of hydrogen-bond acceptors (Lipinski definition) is 2. The lowest BCUT2D eigenvalue weighted by molar-refractivity contribution is 0.0696. The van der Waals surface area contributed by atoms with Crippen LogP contribution in [-0.4, -0.2) is 11.1 Å². The summed E-state index contributed by atoms with van der Waals surface area (Å²) >= 11 is 5.64. The van der Waals surface area contributed by atoms with Crippen LogP contribution in [0.2, 0.25) is 0 Å². The van der Waals surface area contributed by atoms with Gasteiger partial charge >= 0.3 is 5.97 Å². The van der Waals surface area contributed by atoms with Crippen molar-refractivity contribution >= 4 is 17.6 Å². The maximum Gasteiger partial charge on any atom is 0.337 e. The van der Waals surface area contributed by atoms with E-state index in [1.165, 1.54) is 12.1 Å². The number of carbonyl (C=O) groups is 1. The van der Waals surface area contributed by atoms with Gasteiger partial charge in [0.25, 0.3) is 0 Å². The van der Waals surface area contributed by atoms with E-state index in [-0.39, 0.29) is 17.0 Å². The average Bonchev–Trinajstić information content (AvgIpc) is 2.17. The van der Waals surface area contributed by atoms with E-state index >= 15 is 0 Å². The minimum atomic E-state index is -1.09. The molecule has 0 aliphatic carbocycles. The number of aromatic carboxylic acids is 1. The van der Waals surface area contributed by atoms with Gasteiger partial charge in [-0.2, -0.15) is 5.26 Å². The second-order valence-corrected chi connectivity index (χ2v) is 3.14. The summed E-state index contributed by atoms with van der Waals surface area (Å²) in [4.78, 5) is 10.7. The number of nitriles is 1. The lowest BCUT2D eigenvalue weighted by atomic mass is 10.0. The van der Waals surface area contributed by atoms with Gasteiger partial charge in [-0.15, -0.1) is 11.6 Å². The van der Waals surface area contributed by atoms with Crippen LogP contribution in [0.1, 0.15) is 27.0 Å². The summed E-state index contributed by atoms with van der Waals surface area (Å²) in [7, 11) is 0. The number of halogens is 1. The van der Waals surface area contributed by atoms with Crippen molar-refractivity contribution in [3.05, 3.63) is 34.4 Å². The quantitative estimate of drug-likeness (QED) is 0.761. The molecule has 0 aliphatic heterocycles. The number of aryl methyl sites for hydroxylation is 1. The molecule has 0 aliphatic rings. The van der Waals surface area contributed by atoms with Crippen LogP contribution >= 0.6 is 11.6 Å². The molecule has 1 aromatic carbocycles. The molecule has 0 bridgehead atoms. The Labute approximate surface area is 86.5 Å². The molecule has 0 aromatic heterocycles. The first-order chi connectivity index (χ1) is 6.60. The van der Waals surface area contributed by atoms with Crippen molar-refractivity contribution in [1.29, 1.82) is 5.26 Å². The smallest absolute Gasteiger partial charge is 0.337 e. The topological polar surface area (TPSA) is 61.1 Å². The number of benzene rings is 1. The first-order valence-corrected chi connectivity index (χ1v) is 4.46. The standard InChI is InChI=1S/C10H8ClNO2/c1-6-2-9(10(13)14)8(5-12)3-7(6)4-11/h2-3H,4H2,1H3,(H,13,14). The Morgan fingerprint density at radius 1 is 1.64 bits per heavy atom.